The highest BCUT2D eigenvalue weighted by Gasteiger charge is 2.10. The second-order valence-electron chi connectivity index (χ2n) is 4.11. The highest BCUT2D eigenvalue weighted by Crippen LogP contribution is 2.25. The number of hydrogen-bond donors (Lipinski definition) is 1. The summed E-state index contributed by atoms with van der Waals surface area (Å²) in [6, 6.07) is 1.99. The minimum absolute atomic E-state index is 0.461. The first-order chi connectivity index (χ1) is 8.60. The van der Waals surface area contributed by atoms with E-state index < -0.39 is 0 Å². The SMILES string of the molecule is C=C(N)c1oc(C(/C=C\C)=C/C=C/CC)cc1C. The van der Waals surface area contributed by atoms with E-state index in [2.05, 4.69) is 19.6 Å². The number of hydrogen-bond acceptors (Lipinski definition) is 2. The molecule has 0 aromatic carbocycles. The molecule has 0 spiro atoms. The number of allylic oxidation sites excluding steroid dienone is 6. The molecule has 0 saturated carbocycles. The first-order valence-electron chi connectivity index (χ1n) is 6.15. The zero-order valence-corrected chi connectivity index (χ0v) is 11.4. The van der Waals surface area contributed by atoms with Gasteiger partial charge in [-0.05, 0) is 31.9 Å². The molecule has 96 valence electrons. The number of furan rings is 1. The van der Waals surface area contributed by atoms with E-state index in [0.717, 1.165) is 23.3 Å². The predicted molar refractivity (Wildman–Crippen MR) is 78.9 cm³/mol. The Bertz CT molecular complexity index is 501. The van der Waals surface area contributed by atoms with Crippen molar-refractivity contribution in [3.05, 3.63) is 60.1 Å². The third kappa shape index (κ3) is 3.52. The molecular weight excluding hydrogens is 222 g/mol. The molecule has 1 aromatic rings. The van der Waals surface area contributed by atoms with Gasteiger partial charge in [-0.1, -0.05) is 43.9 Å². The monoisotopic (exact) mass is 243 g/mol. The molecule has 2 nitrogen and oxygen atoms in total. The molecule has 0 aliphatic heterocycles. The van der Waals surface area contributed by atoms with Crippen LogP contribution < -0.4 is 5.73 Å². The van der Waals surface area contributed by atoms with Gasteiger partial charge in [0.1, 0.15) is 5.76 Å². The summed E-state index contributed by atoms with van der Waals surface area (Å²) in [5.74, 6) is 1.48. The second-order valence-corrected chi connectivity index (χ2v) is 4.11. The standard InChI is InChI=1S/C16H21NO/c1-5-7-8-10-14(9-6-2)15-11-12(3)16(18-15)13(4)17/h6-11H,4-5,17H2,1-3H3/b8-7+,9-6-,14-10+. The summed E-state index contributed by atoms with van der Waals surface area (Å²) < 4.78 is 5.74. The van der Waals surface area contributed by atoms with Crippen LogP contribution >= 0.6 is 0 Å². The summed E-state index contributed by atoms with van der Waals surface area (Å²) in [4.78, 5) is 0. The van der Waals surface area contributed by atoms with Crippen LogP contribution in [0.4, 0.5) is 0 Å². The van der Waals surface area contributed by atoms with Crippen molar-refractivity contribution < 1.29 is 4.42 Å². The molecule has 0 unspecified atom stereocenters. The second kappa shape index (κ2) is 6.70. The maximum Gasteiger partial charge on any atom is 0.152 e. The summed E-state index contributed by atoms with van der Waals surface area (Å²) in [7, 11) is 0. The molecule has 0 aliphatic rings. The normalized spacial score (nSPS) is 12.7. The van der Waals surface area contributed by atoms with Crippen molar-refractivity contribution in [3.8, 4) is 0 Å². The third-order valence-electron chi connectivity index (χ3n) is 2.49. The van der Waals surface area contributed by atoms with Gasteiger partial charge in [0, 0.05) is 5.57 Å². The molecule has 0 bridgehead atoms. The van der Waals surface area contributed by atoms with Crippen molar-refractivity contribution in [1.29, 1.82) is 0 Å². The van der Waals surface area contributed by atoms with Crippen molar-refractivity contribution >= 4 is 11.3 Å². The molecule has 0 saturated heterocycles. The van der Waals surface area contributed by atoms with Gasteiger partial charge in [0.2, 0.25) is 0 Å². The number of aryl methyl sites for hydroxylation is 1. The van der Waals surface area contributed by atoms with Crippen LogP contribution in [0.15, 0.2) is 47.4 Å². The summed E-state index contributed by atoms with van der Waals surface area (Å²) in [6.45, 7) is 9.77. The lowest BCUT2D eigenvalue weighted by molar-refractivity contribution is 0.538. The summed E-state index contributed by atoms with van der Waals surface area (Å²) in [5.41, 5.74) is 8.18. The van der Waals surface area contributed by atoms with Crippen LogP contribution in [0.3, 0.4) is 0 Å². The molecule has 0 atom stereocenters. The van der Waals surface area contributed by atoms with Gasteiger partial charge in [0.15, 0.2) is 5.76 Å². The van der Waals surface area contributed by atoms with Crippen molar-refractivity contribution in [1.82, 2.24) is 0 Å². The van der Waals surface area contributed by atoms with Gasteiger partial charge < -0.3 is 10.2 Å². The lowest BCUT2D eigenvalue weighted by Gasteiger charge is -1.97. The van der Waals surface area contributed by atoms with Gasteiger partial charge in [0.05, 0.1) is 5.70 Å². The fourth-order valence-corrected chi connectivity index (χ4v) is 1.65. The van der Waals surface area contributed by atoms with Gasteiger partial charge in [-0.2, -0.15) is 0 Å². The maximum atomic E-state index is 5.74. The Labute approximate surface area is 109 Å². The highest BCUT2D eigenvalue weighted by atomic mass is 16.3. The van der Waals surface area contributed by atoms with Crippen LogP contribution in [0.25, 0.3) is 11.3 Å². The largest absolute Gasteiger partial charge is 0.454 e. The molecular formula is C16H21NO. The minimum Gasteiger partial charge on any atom is -0.454 e. The Morgan fingerprint density at radius 3 is 2.72 bits per heavy atom. The van der Waals surface area contributed by atoms with Crippen LogP contribution in [0.2, 0.25) is 0 Å². The van der Waals surface area contributed by atoms with E-state index >= 15 is 0 Å². The Morgan fingerprint density at radius 2 is 2.22 bits per heavy atom. The van der Waals surface area contributed by atoms with Gasteiger partial charge in [-0.15, -0.1) is 0 Å². The molecule has 2 heteroatoms. The molecule has 0 fully saturated rings. The molecule has 1 heterocycles. The van der Waals surface area contributed by atoms with E-state index in [9.17, 15) is 0 Å². The Balaban J connectivity index is 3.14. The molecule has 0 aliphatic carbocycles. The Hall–Kier alpha value is -1.96. The molecule has 2 N–H and O–H groups in total. The molecule has 0 amide bonds. The van der Waals surface area contributed by atoms with E-state index in [-0.39, 0.29) is 0 Å². The summed E-state index contributed by atoms with van der Waals surface area (Å²) in [6.07, 6.45) is 11.2. The molecule has 18 heavy (non-hydrogen) atoms. The first-order valence-corrected chi connectivity index (χ1v) is 6.15. The van der Waals surface area contributed by atoms with Crippen molar-refractivity contribution in [2.75, 3.05) is 0 Å². The quantitative estimate of drug-likeness (QED) is 0.776. The third-order valence-corrected chi connectivity index (χ3v) is 2.49. The molecule has 1 aromatic heterocycles. The van der Waals surface area contributed by atoms with Gasteiger partial charge in [-0.3, -0.25) is 0 Å². The summed E-state index contributed by atoms with van der Waals surface area (Å²) >= 11 is 0. The Kier molecular flexibility index (Phi) is 5.25. The zero-order chi connectivity index (χ0) is 13.5. The number of nitrogens with two attached hydrogens (primary N) is 1. The van der Waals surface area contributed by atoms with Gasteiger partial charge in [-0.25, -0.2) is 0 Å². The van der Waals surface area contributed by atoms with Crippen molar-refractivity contribution in [3.63, 3.8) is 0 Å². The average molecular weight is 243 g/mol. The Morgan fingerprint density at radius 1 is 1.50 bits per heavy atom. The molecule has 0 radical (unpaired) electrons. The minimum atomic E-state index is 0.461. The first kappa shape index (κ1) is 14.1. The molecule has 1 rings (SSSR count). The topological polar surface area (TPSA) is 39.2 Å². The van der Waals surface area contributed by atoms with E-state index in [1.165, 1.54) is 0 Å². The fraction of sp³-hybridized carbons (Fsp3) is 0.250. The maximum absolute atomic E-state index is 5.74. The zero-order valence-electron chi connectivity index (χ0n) is 11.4. The van der Waals surface area contributed by atoms with Gasteiger partial charge in [0.25, 0.3) is 0 Å². The van der Waals surface area contributed by atoms with Crippen molar-refractivity contribution in [2.24, 2.45) is 5.73 Å². The lowest BCUT2D eigenvalue weighted by atomic mass is 10.1. The lowest BCUT2D eigenvalue weighted by Crippen LogP contribution is -1.92. The summed E-state index contributed by atoms with van der Waals surface area (Å²) in [5, 5.41) is 0. The predicted octanol–water partition coefficient (Wildman–Crippen LogP) is 4.44. The van der Waals surface area contributed by atoms with Gasteiger partial charge >= 0.3 is 0 Å². The fourth-order valence-electron chi connectivity index (χ4n) is 1.65. The van der Waals surface area contributed by atoms with E-state index in [4.69, 9.17) is 10.2 Å². The van der Waals surface area contributed by atoms with Crippen LogP contribution in [-0.4, -0.2) is 0 Å². The smallest absolute Gasteiger partial charge is 0.152 e. The van der Waals surface area contributed by atoms with Crippen LogP contribution in [0.5, 0.6) is 0 Å². The van der Waals surface area contributed by atoms with Crippen molar-refractivity contribution in [2.45, 2.75) is 27.2 Å². The highest BCUT2D eigenvalue weighted by molar-refractivity contribution is 5.74. The van der Waals surface area contributed by atoms with E-state index in [0.29, 0.717) is 11.5 Å². The van der Waals surface area contributed by atoms with Crippen LogP contribution in [-0.2, 0) is 0 Å². The number of rotatable bonds is 5. The average Bonchev–Trinajstić information content (AvgIpc) is 2.70. The van der Waals surface area contributed by atoms with E-state index in [1.807, 2.05) is 44.2 Å². The van der Waals surface area contributed by atoms with E-state index in [1.54, 1.807) is 0 Å². The van der Waals surface area contributed by atoms with Crippen LogP contribution in [0.1, 0.15) is 37.4 Å². The van der Waals surface area contributed by atoms with Crippen LogP contribution in [0, 0.1) is 6.92 Å².